The molecule has 3 heterocycles. The number of aromatic nitrogens is 3. The van der Waals surface area contributed by atoms with Gasteiger partial charge in [-0.05, 0) is 60.7 Å². The van der Waals surface area contributed by atoms with Gasteiger partial charge < -0.3 is 9.47 Å². The molecule has 33 heavy (non-hydrogen) atoms. The number of fused-ring (bicyclic) bond motifs is 1. The molecular formula is C26H25FN4OS. The van der Waals surface area contributed by atoms with Crippen LogP contribution in [0.25, 0.3) is 11.0 Å². The van der Waals surface area contributed by atoms with Gasteiger partial charge in [-0.25, -0.2) is 9.37 Å². The second kappa shape index (κ2) is 9.75. The summed E-state index contributed by atoms with van der Waals surface area (Å²) in [6.45, 7) is 2.33. The quantitative estimate of drug-likeness (QED) is 0.355. The Balaban J connectivity index is 1.35. The fourth-order valence-corrected chi connectivity index (χ4v) is 5.12. The number of carbonyl (C=O) groups is 1. The summed E-state index contributed by atoms with van der Waals surface area (Å²) < 4.78 is 15.4. The normalized spacial score (nSPS) is 14.0. The summed E-state index contributed by atoms with van der Waals surface area (Å²) in [4.78, 5) is 23.8. The highest BCUT2D eigenvalue weighted by molar-refractivity contribution is 7.98. The van der Waals surface area contributed by atoms with Crippen molar-refractivity contribution in [1.82, 2.24) is 19.4 Å². The Labute approximate surface area is 196 Å². The molecule has 2 aromatic heterocycles. The van der Waals surface area contributed by atoms with Gasteiger partial charge in [0.15, 0.2) is 5.16 Å². The molecule has 4 aromatic rings. The number of hydrogen-bond acceptors (Lipinski definition) is 4. The van der Waals surface area contributed by atoms with Crippen LogP contribution >= 0.6 is 11.8 Å². The van der Waals surface area contributed by atoms with Crippen LogP contribution in [0, 0.1) is 5.82 Å². The minimum Gasteiger partial charge on any atom is -0.339 e. The summed E-state index contributed by atoms with van der Waals surface area (Å²) >= 11 is 1.62. The van der Waals surface area contributed by atoms with E-state index in [-0.39, 0.29) is 11.7 Å². The predicted octanol–water partition coefficient (Wildman–Crippen LogP) is 5.54. The van der Waals surface area contributed by atoms with E-state index in [4.69, 9.17) is 4.98 Å². The maximum Gasteiger partial charge on any atom is 0.253 e. The first-order valence-corrected chi connectivity index (χ1v) is 12.2. The molecule has 1 amide bonds. The molecule has 1 saturated heterocycles. The number of piperidine rings is 1. The molecule has 0 saturated carbocycles. The maximum atomic E-state index is 13.2. The van der Waals surface area contributed by atoms with Gasteiger partial charge in [0.1, 0.15) is 5.82 Å². The third-order valence-electron chi connectivity index (χ3n) is 5.98. The molecule has 0 radical (unpaired) electrons. The molecule has 0 N–H and O–H groups in total. The maximum absolute atomic E-state index is 13.2. The Hall–Kier alpha value is -3.19. The van der Waals surface area contributed by atoms with Crippen molar-refractivity contribution in [2.45, 2.75) is 36.7 Å². The number of pyridine rings is 1. The number of imidazole rings is 1. The van der Waals surface area contributed by atoms with Crippen LogP contribution in [0.1, 0.15) is 40.7 Å². The third-order valence-corrected chi connectivity index (χ3v) is 7.03. The molecule has 0 aliphatic carbocycles. The summed E-state index contributed by atoms with van der Waals surface area (Å²) in [7, 11) is 0. The Kier molecular flexibility index (Phi) is 6.39. The van der Waals surface area contributed by atoms with E-state index in [0.29, 0.717) is 12.3 Å². The SMILES string of the molecule is O=C(c1ccc(Cn2c(SCc3ccc(F)cc3)nc3ccncc32)cc1)N1CCCCC1. The molecule has 168 valence electrons. The summed E-state index contributed by atoms with van der Waals surface area (Å²) in [5.74, 6) is 0.582. The van der Waals surface area contributed by atoms with E-state index in [9.17, 15) is 9.18 Å². The minimum absolute atomic E-state index is 0.120. The Morgan fingerprint density at radius 2 is 1.67 bits per heavy atom. The molecule has 5 rings (SSSR count). The molecule has 1 aliphatic rings. The van der Waals surface area contributed by atoms with Crippen LogP contribution in [-0.4, -0.2) is 38.4 Å². The monoisotopic (exact) mass is 460 g/mol. The van der Waals surface area contributed by atoms with Crippen LogP contribution in [0.2, 0.25) is 0 Å². The highest BCUT2D eigenvalue weighted by Gasteiger charge is 2.18. The van der Waals surface area contributed by atoms with Gasteiger partial charge in [0.25, 0.3) is 5.91 Å². The van der Waals surface area contributed by atoms with Gasteiger partial charge in [-0.3, -0.25) is 9.78 Å². The first kappa shape index (κ1) is 21.6. The van der Waals surface area contributed by atoms with Crippen molar-refractivity contribution in [3.05, 3.63) is 89.5 Å². The molecule has 0 bridgehead atoms. The molecule has 1 fully saturated rings. The average molecular weight is 461 g/mol. The van der Waals surface area contributed by atoms with Gasteiger partial charge >= 0.3 is 0 Å². The van der Waals surface area contributed by atoms with Crippen LogP contribution in [0.5, 0.6) is 0 Å². The van der Waals surface area contributed by atoms with Crippen LogP contribution in [0.3, 0.4) is 0 Å². The number of rotatable bonds is 6. The number of carbonyl (C=O) groups excluding carboxylic acids is 1. The lowest BCUT2D eigenvalue weighted by molar-refractivity contribution is 0.0724. The fraction of sp³-hybridized carbons (Fsp3) is 0.269. The lowest BCUT2D eigenvalue weighted by Crippen LogP contribution is -2.35. The number of benzene rings is 2. The highest BCUT2D eigenvalue weighted by Crippen LogP contribution is 2.27. The highest BCUT2D eigenvalue weighted by atomic mass is 32.2. The number of nitrogens with zero attached hydrogens (tertiary/aromatic N) is 4. The van der Waals surface area contributed by atoms with Gasteiger partial charge in [-0.1, -0.05) is 36.0 Å². The van der Waals surface area contributed by atoms with E-state index in [1.54, 1.807) is 30.1 Å². The first-order chi connectivity index (χ1) is 16.2. The van der Waals surface area contributed by atoms with Gasteiger partial charge in [-0.2, -0.15) is 0 Å². The summed E-state index contributed by atoms with van der Waals surface area (Å²) in [6, 6.07) is 16.4. The van der Waals surface area contributed by atoms with E-state index >= 15 is 0 Å². The summed E-state index contributed by atoms with van der Waals surface area (Å²) in [5, 5.41) is 0.885. The smallest absolute Gasteiger partial charge is 0.253 e. The second-order valence-corrected chi connectivity index (χ2v) is 9.25. The topological polar surface area (TPSA) is 51.0 Å². The van der Waals surface area contributed by atoms with Crippen LogP contribution < -0.4 is 0 Å². The Bertz CT molecular complexity index is 1250. The zero-order valence-electron chi connectivity index (χ0n) is 18.3. The zero-order chi connectivity index (χ0) is 22.6. The van der Waals surface area contributed by atoms with Crippen molar-refractivity contribution < 1.29 is 9.18 Å². The van der Waals surface area contributed by atoms with E-state index in [0.717, 1.165) is 58.8 Å². The Morgan fingerprint density at radius 3 is 2.42 bits per heavy atom. The molecule has 0 atom stereocenters. The predicted molar refractivity (Wildman–Crippen MR) is 129 cm³/mol. The van der Waals surface area contributed by atoms with Crippen molar-refractivity contribution in [3.63, 3.8) is 0 Å². The first-order valence-electron chi connectivity index (χ1n) is 11.2. The van der Waals surface area contributed by atoms with Gasteiger partial charge in [0.2, 0.25) is 0 Å². The average Bonchev–Trinajstić information content (AvgIpc) is 3.21. The molecule has 0 spiro atoms. The summed E-state index contributed by atoms with van der Waals surface area (Å²) in [5.41, 5.74) is 4.73. The Morgan fingerprint density at radius 1 is 0.939 bits per heavy atom. The second-order valence-electron chi connectivity index (χ2n) is 8.31. The molecule has 7 heteroatoms. The van der Waals surface area contributed by atoms with Crippen molar-refractivity contribution >= 4 is 28.7 Å². The lowest BCUT2D eigenvalue weighted by atomic mass is 10.1. The van der Waals surface area contributed by atoms with E-state index in [2.05, 4.69) is 9.55 Å². The molecule has 2 aromatic carbocycles. The third kappa shape index (κ3) is 4.93. The van der Waals surface area contributed by atoms with Crippen LogP contribution in [0.4, 0.5) is 4.39 Å². The molecule has 0 unspecified atom stereocenters. The zero-order valence-corrected chi connectivity index (χ0v) is 19.1. The van der Waals surface area contributed by atoms with E-state index < -0.39 is 0 Å². The standard InChI is InChI=1S/C26H25FN4OS/c27-22-10-6-20(7-11-22)18-33-26-29-23-12-13-28-16-24(23)31(26)17-19-4-8-21(9-5-19)25(32)30-14-2-1-3-15-30/h4-13,16H,1-3,14-15,17-18H2. The molecule has 1 aliphatic heterocycles. The van der Waals surface area contributed by atoms with Crippen molar-refractivity contribution in [1.29, 1.82) is 0 Å². The van der Waals surface area contributed by atoms with E-state index in [1.165, 1.54) is 18.6 Å². The lowest BCUT2D eigenvalue weighted by Gasteiger charge is -2.26. The van der Waals surface area contributed by atoms with Crippen LogP contribution in [-0.2, 0) is 12.3 Å². The number of halogens is 1. The summed E-state index contributed by atoms with van der Waals surface area (Å²) in [6.07, 6.45) is 6.96. The fourth-order valence-electron chi connectivity index (χ4n) is 4.15. The number of thioether (sulfide) groups is 1. The van der Waals surface area contributed by atoms with Gasteiger partial charge in [0.05, 0.1) is 23.8 Å². The number of hydrogen-bond donors (Lipinski definition) is 0. The van der Waals surface area contributed by atoms with Crippen molar-refractivity contribution in [2.75, 3.05) is 13.1 Å². The number of likely N-dealkylation sites (tertiary alicyclic amines) is 1. The van der Waals surface area contributed by atoms with Crippen molar-refractivity contribution in [3.8, 4) is 0 Å². The molecule has 5 nitrogen and oxygen atoms in total. The van der Waals surface area contributed by atoms with Crippen molar-refractivity contribution in [2.24, 2.45) is 0 Å². The largest absolute Gasteiger partial charge is 0.339 e. The van der Waals surface area contributed by atoms with Gasteiger partial charge in [-0.15, -0.1) is 0 Å². The number of amides is 1. The van der Waals surface area contributed by atoms with Gasteiger partial charge in [0, 0.05) is 30.6 Å². The minimum atomic E-state index is -0.232. The molecular weight excluding hydrogens is 435 g/mol. The van der Waals surface area contributed by atoms with E-state index in [1.807, 2.05) is 41.4 Å². The van der Waals surface area contributed by atoms with Crippen LogP contribution in [0.15, 0.2) is 72.1 Å².